The second-order valence-corrected chi connectivity index (χ2v) is 18.2. The highest BCUT2D eigenvalue weighted by Crippen LogP contribution is 2.61. The summed E-state index contributed by atoms with van der Waals surface area (Å²) in [5.41, 5.74) is 4.42. The number of hydroxylamine groups is 2. The summed E-state index contributed by atoms with van der Waals surface area (Å²) in [6.45, 7) is 17.8. The number of carbonyl (C=O) groups excluding carboxylic acids is 2. The molecule has 2 bridgehead atoms. The third-order valence-electron chi connectivity index (χ3n) is 13.7. The summed E-state index contributed by atoms with van der Waals surface area (Å²) in [5, 5.41) is 29.8. The predicted octanol–water partition coefficient (Wildman–Crippen LogP) is 5.58. The average molecular weight is 812 g/mol. The van der Waals surface area contributed by atoms with E-state index in [1.54, 1.807) is 18.1 Å². The number of aliphatic hydroxyl groups is 2. The third-order valence-corrected chi connectivity index (χ3v) is 13.7. The Morgan fingerprint density at radius 3 is 2.44 bits per heavy atom. The predicted molar refractivity (Wildman–Crippen MR) is 233 cm³/mol. The van der Waals surface area contributed by atoms with Gasteiger partial charge in [0.1, 0.15) is 17.9 Å². The second kappa shape index (κ2) is 19.6. The van der Waals surface area contributed by atoms with E-state index in [0.717, 1.165) is 54.9 Å². The number of ether oxygens (including phenoxy) is 1. The highest BCUT2D eigenvalue weighted by Gasteiger charge is 2.57. The van der Waals surface area contributed by atoms with Gasteiger partial charge in [0.2, 0.25) is 11.8 Å². The van der Waals surface area contributed by atoms with Crippen LogP contribution in [0.25, 0.3) is 5.57 Å². The highest BCUT2D eigenvalue weighted by atomic mass is 16.7. The average Bonchev–Trinajstić information content (AvgIpc) is 3.85. The van der Waals surface area contributed by atoms with Gasteiger partial charge < -0.3 is 35.4 Å². The number of fused-ring (bicyclic) bond motifs is 2. The van der Waals surface area contributed by atoms with Crippen LogP contribution in [0.3, 0.4) is 0 Å². The van der Waals surface area contributed by atoms with Crippen LogP contribution in [0.1, 0.15) is 77.0 Å². The summed E-state index contributed by atoms with van der Waals surface area (Å²) in [7, 11) is 3.84. The van der Waals surface area contributed by atoms with Crippen molar-refractivity contribution in [3.05, 3.63) is 95.7 Å². The Kier molecular flexibility index (Phi) is 14.8. The zero-order valence-electron chi connectivity index (χ0n) is 36.4. The van der Waals surface area contributed by atoms with Gasteiger partial charge >= 0.3 is 0 Å². The van der Waals surface area contributed by atoms with E-state index < -0.39 is 24.2 Å². The molecule has 2 amide bonds. The molecule has 59 heavy (non-hydrogen) atoms. The van der Waals surface area contributed by atoms with E-state index >= 15 is 0 Å². The van der Waals surface area contributed by atoms with Crippen LogP contribution in [0.15, 0.2) is 79.0 Å². The summed E-state index contributed by atoms with van der Waals surface area (Å²) >= 11 is 0. The van der Waals surface area contributed by atoms with Gasteiger partial charge in [-0.3, -0.25) is 14.4 Å². The SMILES string of the molecule is C=C(/C=C(\C=C\C(=O)N[C@@H](Cc1ccccc1)CN1CCCC1)c1cccc(CN2O[C@@H](CO)[C@@H]([C@H](C)O)[C@H]2C(=O)N[C@H]2C[C@@H]3C[C@H]([C@@H]2C)C3(C)C)c1OCC)N(C)C. The van der Waals surface area contributed by atoms with Crippen molar-refractivity contribution in [1.82, 2.24) is 25.5 Å². The fourth-order valence-corrected chi connectivity index (χ4v) is 10.2. The number of aliphatic hydroxyl groups excluding tert-OH is 2. The molecule has 2 saturated heterocycles. The van der Waals surface area contributed by atoms with Crippen LogP contribution in [0, 0.1) is 29.1 Å². The van der Waals surface area contributed by atoms with Gasteiger partial charge in [0.05, 0.1) is 25.9 Å². The molecule has 7 rings (SSSR count). The Morgan fingerprint density at radius 2 is 1.81 bits per heavy atom. The van der Waals surface area contributed by atoms with Crippen LogP contribution >= 0.6 is 0 Å². The van der Waals surface area contributed by atoms with E-state index in [9.17, 15) is 19.8 Å². The molecule has 0 spiro atoms. The first-order valence-corrected chi connectivity index (χ1v) is 21.8. The van der Waals surface area contributed by atoms with Gasteiger partial charge in [0.15, 0.2) is 0 Å². The number of benzene rings is 2. The molecule has 3 saturated carbocycles. The topological polar surface area (TPSA) is 127 Å². The van der Waals surface area contributed by atoms with E-state index in [1.165, 1.54) is 24.8 Å². The first-order valence-electron chi connectivity index (χ1n) is 21.8. The molecule has 322 valence electrons. The molecular weight excluding hydrogens is 743 g/mol. The zero-order chi connectivity index (χ0) is 42.4. The molecule has 5 aliphatic rings. The van der Waals surface area contributed by atoms with Crippen molar-refractivity contribution in [3.8, 4) is 5.75 Å². The maximum Gasteiger partial charge on any atom is 0.244 e. The number of nitrogens with zero attached hydrogens (tertiary/aromatic N) is 3. The zero-order valence-corrected chi connectivity index (χ0v) is 36.4. The van der Waals surface area contributed by atoms with Crippen LogP contribution in [0.2, 0.25) is 0 Å². The van der Waals surface area contributed by atoms with E-state index in [1.807, 2.05) is 74.5 Å². The first-order chi connectivity index (χ1) is 28.2. The molecule has 2 aliphatic heterocycles. The quantitative estimate of drug-likeness (QED) is 0.113. The largest absolute Gasteiger partial charge is 0.493 e. The summed E-state index contributed by atoms with van der Waals surface area (Å²) < 4.78 is 6.40. The van der Waals surface area contributed by atoms with Crippen LogP contribution in [0.5, 0.6) is 5.75 Å². The number of para-hydroxylation sites is 1. The van der Waals surface area contributed by atoms with Crippen molar-refractivity contribution < 1.29 is 29.4 Å². The van der Waals surface area contributed by atoms with Crippen molar-refractivity contribution >= 4 is 17.4 Å². The number of rotatable bonds is 18. The van der Waals surface area contributed by atoms with Gasteiger partial charge in [0.25, 0.3) is 0 Å². The minimum Gasteiger partial charge on any atom is -0.493 e. The van der Waals surface area contributed by atoms with Crippen molar-refractivity contribution in [3.63, 3.8) is 0 Å². The van der Waals surface area contributed by atoms with Gasteiger partial charge in [-0.2, -0.15) is 5.06 Å². The smallest absolute Gasteiger partial charge is 0.244 e. The first kappa shape index (κ1) is 44.5. The van der Waals surface area contributed by atoms with Crippen molar-refractivity contribution in [2.24, 2.45) is 29.1 Å². The Hall–Kier alpha value is -4.00. The van der Waals surface area contributed by atoms with Crippen LogP contribution in [-0.2, 0) is 27.4 Å². The molecule has 2 aromatic rings. The number of carbonyl (C=O) groups is 2. The minimum atomic E-state index is -0.910. The van der Waals surface area contributed by atoms with Crippen LogP contribution in [-0.4, -0.2) is 114 Å². The Bertz CT molecular complexity index is 1820. The van der Waals surface area contributed by atoms with E-state index in [-0.39, 0.29) is 42.5 Å². The highest BCUT2D eigenvalue weighted by molar-refractivity contribution is 5.92. The van der Waals surface area contributed by atoms with E-state index in [4.69, 9.17) is 9.57 Å². The molecule has 0 aromatic heterocycles. The molecular formula is C48H69N5O6. The lowest BCUT2D eigenvalue weighted by Gasteiger charge is -2.62. The molecule has 0 unspecified atom stereocenters. The molecule has 3 aliphatic carbocycles. The van der Waals surface area contributed by atoms with Crippen molar-refractivity contribution in [2.75, 3.05) is 46.9 Å². The van der Waals surface area contributed by atoms with Gasteiger partial charge in [-0.05, 0) is 105 Å². The number of likely N-dealkylation sites (N-methyl/N-ethyl adjacent to an activating group) is 1. The maximum atomic E-state index is 14.4. The van der Waals surface area contributed by atoms with Crippen molar-refractivity contribution in [1.29, 1.82) is 0 Å². The van der Waals surface area contributed by atoms with Gasteiger partial charge in [-0.25, -0.2) is 0 Å². The number of nitrogens with one attached hydrogen (secondary N) is 2. The minimum absolute atomic E-state index is 0.0292. The lowest BCUT2D eigenvalue weighted by Crippen LogP contribution is -2.62. The number of amides is 2. The third kappa shape index (κ3) is 10.3. The standard InChI is InChI=1S/C48H69N5O6/c1-9-58-46-36(28-53-45(44(33(4)55)42(30-54)59-53)47(57)50-41-27-37-26-40(32(41)3)48(37,5)6)18-15-19-39(46)35(24-31(2)51(7)8)20-21-43(56)49-38(29-52-22-13-14-23-52)25-34-16-11-10-12-17-34/h10-12,15-21,24,32-33,37-38,40-42,44-45,54-55H,2,9,13-14,22-23,25-30H2,1,3-8H3,(H,49,56)(H,50,57)/b21-20+,35-24+/t32-,33-,37-,38-,40+,41-,42-,44+,45-/m0/s1. The monoisotopic (exact) mass is 812 g/mol. The normalized spacial score (nSPS) is 27.9. The summed E-state index contributed by atoms with van der Waals surface area (Å²) in [6.07, 6.45) is 8.86. The molecule has 0 radical (unpaired) electrons. The lowest BCUT2D eigenvalue weighted by molar-refractivity contribution is -0.183. The Morgan fingerprint density at radius 1 is 1.08 bits per heavy atom. The fraction of sp³-hybridized carbons (Fsp3) is 0.583. The molecule has 11 nitrogen and oxygen atoms in total. The molecule has 2 aromatic carbocycles. The van der Waals surface area contributed by atoms with Gasteiger partial charge in [0, 0.05) is 61.5 Å². The van der Waals surface area contributed by atoms with Gasteiger partial charge in [-0.15, -0.1) is 0 Å². The number of allylic oxidation sites excluding steroid dienone is 3. The Balaban J connectivity index is 1.27. The number of hydrogen-bond acceptors (Lipinski definition) is 9. The maximum absolute atomic E-state index is 14.4. The van der Waals surface area contributed by atoms with Crippen LogP contribution < -0.4 is 15.4 Å². The summed E-state index contributed by atoms with van der Waals surface area (Å²) in [6, 6.07) is 15.2. The molecule has 2 heterocycles. The van der Waals surface area contributed by atoms with Crippen molar-refractivity contribution in [2.45, 2.75) is 104 Å². The second-order valence-electron chi connectivity index (χ2n) is 18.2. The lowest BCUT2D eigenvalue weighted by atomic mass is 9.45. The van der Waals surface area contributed by atoms with E-state index in [0.29, 0.717) is 30.1 Å². The number of likely N-dealkylation sites (tertiary alicyclic amines) is 1. The molecule has 4 N–H and O–H groups in total. The fourth-order valence-electron chi connectivity index (χ4n) is 10.2. The Labute approximate surface area is 352 Å². The number of hydrogen-bond donors (Lipinski definition) is 4. The van der Waals surface area contributed by atoms with E-state index in [2.05, 4.69) is 55.0 Å². The summed E-state index contributed by atoms with van der Waals surface area (Å²) in [4.78, 5) is 38.8. The molecule has 11 heteroatoms. The van der Waals surface area contributed by atoms with Crippen LogP contribution in [0.4, 0.5) is 0 Å². The van der Waals surface area contributed by atoms with Gasteiger partial charge in [-0.1, -0.05) is 75.9 Å². The molecule has 5 fully saturated rings. The molecule has 9 atom stereocenters. The summed E-state index contributed by atoms with van der Waals surface area (Å²) in [5.74, 6) is 0.980.